The van der Waals surface area contributed by atoms with Crippen molar-refractivity contribution < 1.29 is 14.4 Å². The first kappa shape index (κ1) is 25.4. The number of anilines is 1. The number of nitrogens with one attached hydrogen (secondary N) is 1. The maximum atomic E-state index is 13.2. The summed E-state index contributed by atoms with van der Waals surface area (Å²) < 4.78 is 6.34. The normalized spacial score (nSPS) is 13.4. The van der Waals surface area contributed by atoms with E-state index in [4.69, 9.17) is 21.2 Å². The molecule has 2 aromatic carbocycles. The van der Waals surface area contributed by atoms with Gasteiger partial charge in [0.15, 0.2) is 0 Å². The average molecular weight is 505 g/mol. The van der Waals surface area contributed by atoms with Crippen LogP contribution in [0.4, 0.5) is 5.95 Å². The van der Waals surface area contributed by atoms with Crippen LogP contribution in [0.15, 0.2) is 53.3 Å². The first-order chi connectivity index (χ1) is 15.9. The van der Waals surface area contributed by atoms with Gasteiger partial charge in [0.25, 0.3) is 11.5 Å². The molecule has 0 bridgehead atoms. The lowest BCUT2D eigenvalue weighted by Gasteiger charge is -2.29. The van der Waals surface area contributed by atoms with Crippen LogP contribution in [0.1, 0.15) is 40.1 Å². The third kappa shape index (κ3) is 5.13. The number of rotatable bonds is 6. The standard InChI is InChI=1S/C24H25ClN4O4.ClH/c1-15(16-6-10-19(32-2)11-7-16)26-24-27-21-12-13-28(14-20(21)23(31)29(24)33-3)22(30)17-4-8-18(25)9-5-17;/h4-11,15H,12-14H2,1-3H3,(H,26,27);1H. The Labute approximate surface area is 208 Å². The summed E-state index contributed by atoms with van der Waals surface area (Å²) in [6.45, 7) is 2.60. The molecule has 1 atom stereocenters. The summed E-state index contributed by atoms with van der Waals surface area (Å²) in [4.78, 5) is 37.8. The van der Waals surface area contributed by atoms with Crippen LogP contribution in [-0.2, 0) is 13.0 Å². The molecule has 0 saturated carbocycles. The second-order valence-corrected chi connectivity index (χ2v) is 8.20. The van der Waals surface area contributed by atoms with Crippen LogP contribution in [-0.4, -0.2) is 41.3 Å². The number of fused-ring (bicyclic) bond motifs is 1. The SMILES string of the molecule is COc1ccc(C(C)Nc2nc3c(c(=O)n2OC)CN(C(=O)c2ccc(Cl)cc2)CC3)cc1.Cl. The maximum absolute atomic E-state index is 13.2. The van der Waals surface area contributed by atoms with E-state index in [0.717, 1.165) is 16.0 Å². The number of carbonyl (C=O) groups is 1. The van der Waals surface area contributed by atoms with Gasteiger partial charge in [0, 0.05) is 23.6 Å². The van der Waals surface area contributed by atoms with Gasteiger partial charge in [0.1, 0.15) is 12.9 Å². The number of halogens is 2. The Hall–Kier alpha value is -3.23. The van der Waals surface area contributed by atoms with Gasteiger partial charge in [0.2, 0.25) is 5.95 Å². The first-order valence-corrected chi connectivity index (χ1v) is 10.9. The molecule has 0 saturated heterocycles. The second kappa shape index (κ2) is 10.8. The maximum Gasteiger partial charge on any atom is 0.293 e. The Balaban J connectivity index is 0.00000324. The van der Waals surface area contributed by atoms with E-state index in [2.05, 4.69) is 10.3 Å². The van der Waals surface area contributed by atoms with Crippen LogP contribution in [0.5, 0.6) is 5.75 Å². The summed E-state index contributed by atoms with van der Waals surface area (Å²) in [6, 6.07) is 14.2. The number of methoxy groups -OCH3 is 1. The average Bonchev–Trinajstić information content (AvgIpc) is 2.84. The Morgan fingerprint density at radius 3 is 2.41 bits per heavy atom. The zero-order valence-corrected chi connectivity index (χ0v) is 20.7. The zero-order valence-electron chi connectivity index (χ0n) is 19.1. The first-order valence-electron chi connectivity index (χ1n) is 10.6. The van der Waals surface area contributed by atoms with E-state index in [1.165, 1.54) is 7.11 Å². The van der Waals surface area contributed by atoms with Crippen molar-refractivity contribution in [2.45, 2.75) is 25.9 Å². The number of aromatic nitrogens is 2. The topological polar surface area (TPSA) is 85.7 Å². The number of ether oxygens (including phenoxy) is 1. The Kier molecular flexibility index (Phi) is 8.06. The molecule has 3 aromatic rings. The van der Waals surface area contributed by atoms with E-state index >= 15 is 0 Å². The molecule has 2 heterocycles. The van der Waals surface area contributed by atoms with Crippen molar-refractivity contribution in [3.05, 3.63) is 86.3 Å². The monoisotopic (exact) mass is 504 g/mol. The number of amides is 1. The van der Waals surface area contributed by atoms with Gasteiger partial charge in [-0.15, -0.1) is 17.1 Å². The summed E-state index contributed by atoms with van der Waals surface area (Å²) in [6.07, 6.45) is 0.472. The second-order valence-electron chi connectivity index (χ2n) is 7.77. The molecule has 0 spiro atoms. The van der Waals surface area contributed by atoms with Crippen molar-refractivity contribution in [1.29, 1.82) is 0 Å². The van der Waals surface area contributed by atoms with Gasteiger partial charge >= 0.3 is 0 Å². The highest BCUT2D eigenvalue weighted by atomic mass is 35.5. The number of benzene rings is 2. The van der Waals surface area contributed by atoms with Crippen molar-refractivity contribution in [2.24, 2.45) is 0 Å². The van der Waals surface area contributed by atoms with Gasteiger partial charge in [-0.1, -0.05) is 23.7 Å². The van der Waals surface area contributed by atoms with Crippen LogP contribution in [0.2, 0.25) is 5.02 Å². The third-order valence-corrected chi connectivity index (χ3v) is 5.97. The molecule has 1 N–H and O–H groups in total. The summed E-state index contributed by atoms with van der Waals surface area (Å²) in [5, 5.41) is 3.83. The molecule has 0 aliphatic carbocycles. The quantitative estimate of drug-likeness (QED) is 0.549. The lowest BCUT2D eigenvalue weighted by Crippen LogP contribution is -2.42. The van der Waals surface area contributed by atoms with Crippen molar-refractivity contribution in [3.8, 4) is 5.75 Å². The molecule has 0 radical (unpaired) electrons. The van der Waals surface area contributed by atoms with E-state index in [-0.39, 0.29) is 36.5 Å². The van der Waals surface area contributed by atoms with Gasteiger partial charge in [-0.05, 0) is 48.9 Å². The van der Waals surface area contributed by atoms with Crippen LogP contribution < -0.4 is 20.5 Å². The molecule has 1 amide bonds. The minimum absolute atomic E-state index is 0. The molecule has 180 valence electrons. The highest BCUT2D eigenvalue weighted by Gasteiger charge is 2.27. The van der Waals surface area contributed by atoms with E-state index in [1.807, 2.05) is 31.2 Å². The number of carbonyl (C=O) groups excluding carboxylic acids is 1. The summed E-state index contributed by atoms with van der Waals surface area (Å²) in [5.74, 6) is 0.933. The minimum Gasteiger partial charge on any atom is -0.497 e. The molecular formula is C24H26Cl2N4O4. The van der Waals surface area contributed by atoms with E-state index in [0.29, 0.717) is 40.8 Å². The van der Waals surface area contributed by atoms with Crippen molar-refractivity contribution in [2.75, 3.05) is 26.1 Å². The smallest absolute Gasteiger partial charge is 0.293 e. The van der Waals surface area contributed by atoms with Crippen molar-refractivity contribution in [1.82, 2.24) is 14.6 Å². The summed E-state index contributed by atoms with van der Waals surface area (Å²) >= 11 is 5.92. The van der Waals surface area contributed by atoms with Gasteiger partial charge in [-0.2, -0.15) is 0 Å². The molecule has 8 nitrogen and oxygen atoms in total. The Bertz CT molecular complexity index is 1210. The summed E-state index contributed by atoms with van der Waals surface area (Å²) in [5.41, 5.74) is 2.31. The molecule has 0 fully saturated rings. The molecule has 34 heavy (non-hydrogen) atoms. The van der Waals surface area contributed by atoms with Crippen LogP contribution in [0, 0.1) is 0 Å². The molecule has 1 aromatic heterocycles. The molecule has 1 aliphatic heterocycles. The lowest BCUT2D eigenvalue weighted by atomic mass is 10.1. The Morgan fingerprint density at radius 2 is 1.79 bits per heavy atom. The third-order valence-electron chi connectivity index (χ3n) is 5.71. The van der Waals surface area contributed by atoms with Crippen molar-refractivity contribution >= 4 is 35.9 Å². The molecule has 1 unspecified atom stereocenters. The minimum atomic E-state index is -0.333. The fraction of sp³-hybridized carbons (Fsp3) is 0.292. The van der Waals surface area contributed by atoms with Crippen LogP contribution >= 0.6 is 24.0 Å². The molecule has 4 rings (SSSR count). The van der Waals surface area contributed by atoms with Crippen LogP contribution in [0.3, 0.4) is 0 Å². The van der Waals surface area contributed by atoms with Gasteiger partial charge in [-0.3, -0.25) is 9.59 Å². The van der Waals surface area contributed by atoms with Crippen LogP contribution in [0.25, 0.3) is 0 Å². The number of hydrogen-bond acceptors (Lipinski definition) is 6. The van der Waals surface area contributed by atoms with Gasteiger partial charge < -0.3 is 19.8 Å². The fourth-order valence-corrected chi connectivity index (χ4v) is 3.96. The highest BCUT2D eigenvalue weighted by Crippen LogP contribution is 2.23. The zero-order chi connectivity index (χ0) is 23.5. The van der Waals surface area contributed by atoms with E-state index in [1.54, 1.807) is 36.3 Å². The number of nitrogens with zero attached hydrogens (tertiary/aromatic N) is 3. The van der Waals surface area contributed by atoms with Gasteiger partial charge in [-0.25, -0.2) is 4.98 Å². The largest absolute Gasteiger partial charge is 0.497 e. The Morgan fingerprint density at radius 1 is 1.12 bits per heavy atom. The predicted molar refractivity (Wildman–Crippen MR) is 133 cm³/mol. The van der Waals surface area contributed by atoms with Gasteiger partial charge in [0.05, 0.1) is 31.0 Å². The van der Waals surface area contributed by atoms with E-state index < -0.39 is 0 Å². The lowest BCUT2D eigenvalue weighted by molar-refractivity contribution is 0.0728. The van der Waals surface area contributed by atoms with Crippen molar-refractivity contribution in [3.63, 3.8) is 0 Å². The fourth-order valence-electron chi connectivity index (χ4n) is 3.84. The highest BCUT2D eigenvalue weighted by molar-refractivity contribution is 6.30. The molecule has 10 heteroatoms. The molecule has 1 aliphatic rings. The predicted octanol–water partition coefficient (Wildman–Crippen LogP) is 3.76. The summed E-state index contributed by atoms with van der Waals surface area (Å²) in [7, 11) is 3.04. The number of hydrogen-bond donors (Lipinski definition) is 1. The van der Waals surface area contributed by atoms with E-state index in [9.17, 15) is 9.59 Å². The molecular weight excluding hydrogens is 479 g/mol.